The number of nitrogens with zero attached hydrogens (tertiary/aromatic N) is 3. The Balaban J connectivity index is 1.52. The van der Waals surface area contributed by atoms with Crippen LogP contribution in [0.5, 0.6) is 11.5 Å². The number of non-ortho nitro benzene ring substituents is 1. The maximum absolute atomic E-state index is 13.8. The van der Waals surface area contributed by atoms with Gasteiger partial charge in [-0.3, -0.25) is 14.9 Å². The van der Waals surface area contributed by atoms with E-state index in [9.17, 15) is 14.9 Å². The van der Waals surface area contributed by atoms with E-state index in [1.54, 1.807) is 5.01 Å². The summed E-state index contributed by atoms with van der Waals surface area (Å²) in [6.45, 7) is 5.09. The molecule has 8 nitrogen and oxygen atoms in total. The Hall–Kier alpha value is -4.46. The number of hydrogen-bond acceptors (Lipinski definition) is 6. The summed E-state index contributed by atoms with van der Waals surface area (Å²) in [4.78, 5) is 24.4. The molecule has 3 aromatic rings. The molecule has 0 N–H and O–H groups in total. The second kappa shape index (κ2) is 11.5. The molecule has 2 aliphatic rings. The first-order valence-electron chi connectivity index (χ1n) is 13.3. The second-order valence-corrected chi connectivity index (χ2v) is 9.56. The molecule has 0 spiro atoms. The third kappa shape index (κ3) is 5.55. The number of carbonyl (C=O) groups is 1. The number of nitro groups is 1. The van der Waals surface area contributed by atoms with Crippen molar-refractivity contribution in [1.29, 1.82) is 0 Å². The number of fused-ring (bicyclic) bond motifs is 1. The van der Waals surface area contributed by atoms with Gasteiger partial charge in [-0.25, -0.2) is 5.01 Å². The van der Waals surface area contributed by atoms with E-state index in [1.165, 1.54) is 24.3 Å². The summed E-state index contributed by atoms with van der Waals surface area (Å²) in [7, 11) is 0. The lowest BCUT2D eigenvalue weighted by molar-refractivity contribution is -0.384. The van der Waals surface area contributed by atoms with Crippen molar-refractivity contribution in [2.45, 2.75) is 39.2 Å². The van der Waals surface area contributed by atoms with Gasteiger partial charge in [-0.1, -0.05) is 24.3 Å². The third-order valence-electron chi connectivity index (χ3n) is 7.10. The number of hydrazone groups is 1. The van der Waals surface area contributed by atoms with Gasteiger partial charge in [0, 0.05) is 23.6 Å². The molecule has 2 unspecified atom stereocenters. The summed E-state index contributed by atoms with van der Waals surface area (Å²) in [5, 5.41) is 17.6. The van der Waals surface area contributed by atoms with Crippen LogP contribution in [0.25, 0.3) is 6.08 Å². The Bertz CT molecular complexity index is 1400. The van der Waals surface area contributed by atoms with Crippen molar-refractivity contribution in [1.82, 2.24) is 5.01 Å². The molecule has 1 fully saturated rings. The summed E-state index contributed by atoms with van der Waals surface area (Å²) in [5.74, 6) is 1.35. The van der Waals surface area contributed by atoms with Gasteiger partial charge in [-0.15, -0.1) is 0 Å². The molecule has 2 atom stereocenters. The van der Waals surface area contributed by atoms with Crippen molar-refractivity contribution in [3.63, 3.8) is 0 Å². The number of carbonyl (C=O) groups excluding carboxylic acids is 1. The zero-order chi connectivity index (χ0) is 27.4. The number of allylic oxidation sites excluding steroid dienone is 1. The van der Waals surface area contributed by atoms with Crippen molar-refractivity contribution in [3.05, 3.63) is 105 Å². The highest BCUT2D eigenvalue weighted by molar-refractivity contribution is 6.09. The van der Waals surface area contributed by atoms with E-state index < -0.39 is 4.92 Å². The fourth-order valence-corrected chi connectivity index (χ4v) is 5.32. The molecule has 8 heteroatoms. The zero-order valence-electron chi connectivity index (χ0n) is 22.1. The van der Waals surface area contributed by atoms with Crippen molar-refractivity contribution >= 4 is 23.4 Å². The Labute approximate surface area is 227 Å². The van der Waals surface area contributed by atoms with Crippen LogP contribution >= 0.6 is 0 Å². The van der Waals surface area contributed by atoms with E-state index in [1.807, 2.05) is 62.4 Å². The van der Waals surface area contributed by atoms with Crippen molar-refractivity contribution in [3.8, 4) is 11.5 Å². The highest BCUT2D eigenvalue weighted by atomic mass is 16.6. The normalized spacial score (nSPS) is 19.4. The predicted octanol–water partition coefficient (Wildman–Crippen LogP) is 6.83. The molecular weight excluding hydrogens is 494 g/mol. The maximum atomic E-state index is 13.8. The molecular formula is C31H31N3O5. The molecule has 200 valence electrons. The van der Waals surface area contributed by atoms with Gasteiger partial charge in [0.1, 0.15) is 11.5 Å². The summed E-state index contributed by atoms with van der Waals surface area (Å²) >= 11 is 0. The second-order valence-electron chi connectivity index (χ2n) is 9.56. The number of nitro benzene ring substituents is 1. The lowest BCUT2D eigenvalue weighted by Crippen LogP contribution is -2.31. The van der Waals surface area contributed by atoms with Gasteiger partial charge in [0.2, 0.25) is 0 Å². The van der Waals surface area contributed by atoms with Crippen LogP contribution in [-0.4, -0.2) is 34.8 Å². The van der Waals surface area contributed by atoms with Crippen LogP contribution in [0, 0.1) is 16.0 Å². The van der Waals surface area contributed by atoms with E-state index in [0.29, 0.717) is 18.8 Å². The highest BCUT2D eigenvalue weighted by Crippen LogP contribution is 2.45. The number of rotatable bonds is 8. The molecule has 1 aliphatic carbocycles. The van der Waals surface area contributed by atoms with Gasteiger partial charge in [0.05, 0.1) is 29.9 Å². The van der Waals surface area contributed by atoms with Crippen LogP contribution in [0.3, 0.4) is 0 Å². The molecule has 0 bridgehead atoms. The smallest absolute Gasteiger partial charge is 0.274 e. The largest absolute Gasteiger partial charge is 0.494 e. The van der Waals surface area contributed by atoms with Gasteiger partial charge in [0.25, 0.3) is 11.6 Å². The summed E-state index contributed by atoms with van der Waals surface area (Å²) < 4.78 is 11.2. The lowest BCUT2D eigenvalue weighted by atomic mass is 9.77. The molecule has 3 aromatic carbocycles. The van der Waals surface area contributed by atoms with E-state index >= 15 is 0 Å². The van der Waals surface area contributed by atoms with Crippen LogP contribution < -0.4 is 9.47 Å². The predicted molar refractivity (Wildman–Crippen MR) is 150 cm³/mol. The van der Waals surface area contributed by atoms with E-state index in [0.717, 1.165) is 53.2 Å². The first-order valence-corrected chi connectivity index (χ1v) is 13.3. The van der Waals surface area contributed by atoms with Crippen molar-refractivity contribution in [2.24, 2.45) is 11.0 Å². The minimum atomic E-state index is -0.473. The minimum absolute atomic E-state index is 0.0349. The van der Waals surface area contributed by atoms with Crippen LogP contribution in [0.4, 0.5) is 5.69 Å². The summed E-state index contributed by atoms with van der Waals surface area (Å²) in [6.07, 6.45) is 4.91. The average molecular weight is 526 g/mol. The minimum Gasteiger partial charge on any atom is -0.494 e. The lowest BCUT2D eigenvalue weighted by Gasteiger charge is -2.29. The molecule has 0 aromatic heterocycles. The van der Waals surface area contributed by atoms with Crippen LogP contribution in [0.2, 0.25) is 0 Å². The maximum Gasteiger partial charge on any atom is 0.274 e. The molecule has 0 radical (unpaired) electrons. The highest BCUT2D eigenvalue weighted by Gasteiger charge is 2.44. The average Bonchev–Trinajstić information content (AvgIpc) is 3.35. The van der Waals surface area contributed by atoms with Crippen molar-refractivity contribution < 1.29 is 19.2 Å². The molecule has 1 amide bonds. The van der Waals surface area contributed by atoms with Gasteiger partial charge in [-0.05, 0) is 92.3 Å². The molecule has 1 heterocycles. The number of amides is 1. The van der Waals surface area contributed by atoms with E-state index in [2.05, 4.69) is 6.08 Å². The third-order valence-corrected chi connectivity index (χ3v) is 7.10. The molecule has 5 rings (SSSR count). The van der Waals surface area contributed by atoms with E-state index in [4.69, 9.17) is 14.6 Å². The molecule has 1 saturated carbocycles. The quantitative estimate of drug-likeness (QED) is 0.237. The Morgan fingerprint density at radius 1 is 0.974 bits per heavy atom. The van der Waals surface area contributed by atoms with Crippen LogP contribution in [0.1, 0.15) is 60.6 Å². The van der Waals surface area contributed by atoms with Gasteiger partial charge >= 0.3 is 0 Å². The van der Waals surface area contributed by atoms with E-state index in [-0.39, 0.29) is 23.6 Å². The van der Waals surface area contributed by atoms with Gasteiger partial charge in [0.15, 0.2) is 0 Å². The Morgan fingerprint density at radius 2 is 1.59 bits per heavy atom. The number of benzene rings is 3. The molecule has 1 aliphatic heterocycles. The Morgan fingerprint density at radius 3 is 2.18 bits per heavy atom. The monoisotopic (exact) mass is 525 g/mol. The topological polar surface area (TPSA) is 94.3 Å². The Kier molecular flexibility index (Phi) is 7.72. The fraction of sp³-hybridized carbons (Fsp3) is 0.290. The zero-order valence-corrected chi connectivity index (χ0v) is 22.1. The standard InChI is InChI=1S/C31H31N3O5/c1-3-38-26-16-8-21(9-17-26)20-24-6-5-7-28-29(24)32-33(30(28)22-12-18-27(19-13-22)39-4-2)31(35)23-10-14-25(15-11-23)34(36)37/h8-20,28,30H,3-7H2,1-2H3. The number of ether oxygens (including phenoxy) is 2. The number of hydrogen-bond donors (Lipinski definition) is 0. The van der Waals surface area contributed by atoms with Gasteiger partial charge < -0.3 is 9.47 Å². The molecule has 39 heavy (non-hydrogen) atoms. The summed E-state index contributed by atoms with van der Waals surface area (Å²) in [5.41, 5.74) is 4.36. The van der Waals surface area contributed by atoms with Gasteiger partial charge in [-0.2, -0.15) is 5.10 Å². The van der Waals surface area contributed by atoms with Crippen LogP contribution in [-0.2, 0) is 0 Å². The molecule has 0 saturated heterocycles. The summed E-state index contributed by atoms with van der Waals surface area (Å²) in [6, 6.07) is 21.2. The SMILES string of the molecule is CCOc1ccc(C=C2CCCC3C2=NN(C(=O)c2ccc([N+](=O)[O-])cc2)C3c2ccc(OCC)cc2)cc1. The van der Waals surface area contributed by atoms with Crippen molar-refractivity contribution in [2.75, 3.05) is 13.2 Å². The van der Waals surface area contributed by atoms with Crippen LogP contribution in [0.15, 0.2) is 83.5 Å². The first-order chi connectivity index (χ1) is 19.0. The fourth-order valence-electron chi connectivity index (χ4n) is 5.32. The first kappa shape index (κ1) is 26.2.